The summed E-state index contributed by atoms with van der Waals surface area (Å²) in [6.45, 7) is -0.157. The van der Waals surface area contributed by atoms with Crippen LogP contribution in [0.1, 0.15) is 5.56 Å². The van der Waals surface area contributed by atoms with Gasteiger partial charge in [0.15, 0.2) is 11.5 Å². The molecule has 0 unspecified atom stereocenters. The van der Waals surface area contributed by atoms with Crippen LogP contribution in [0.15, 0.2) is 35.1 Å². The molecule has 11 heteroatoms. The van der Waals surface area contributed by atoms with E-state index in [0.29, 0.717) is 33.5 Å². The molecule has 3 aromatic rings. The first kappa shape index (κ1) is 21.6. The lowest BCUT2D eigenvalue weighted by Crippen LogP contribution is -2.12. The van der Waals surface area contributed by atoms with E-state index in [4.69, 9.17) is 9.47 Å². The highest BCUT2D eigenvalue weighted by Gasteiger charge is 2.15. The fourth-order valence-corrected chi connectivity index (χ4v) is 3.00. The minimum Gasteiger partial charge on any atom is -0.493 e. The first-order valence-corrected chi connectivity index (χ1v) is 8.93. The number of aromatic nitrogens is 2. The number of thiol groups is 1. The number of hydrogen-bond donors (Lipinski definition) is 3. The number of ether oxygens (including phenoxy) is 2. The highest BCUT2D eigenvalue weighted by Crippen LogP contribution is 2.34. The van der Waals surface area contributed by atoms with Gasteiger partial charge in [-0.25, -0.2) is 22.6 Å². The summed E-state index contributed by atoms with van der Waals surface area (Å²) in [6.07, 6.45) is 0. The summed E-state index contributed by atoms with van der Waals surface area (Å²) >= 11 is 0. The number of aromatic amines is 1. The molecule has 1 aromatic heterocycles. The number of halogens is 2. The van der Waals surface area contributed by atoms with E-state index in [9.17, 15) is 17.6 Å². The molecule has 0 saturated carbocycles. The zero-order valence-electron chi connectivity index (χ0n) is 14.8. The van der Waals surface area contributed by atoms with Crippen molar-refractivity contribution in [2.45, 2.75) is 6.54 Å². The number of benzene rings is 2. The van der Waals surface area contributed by atoms with Crippen LogP contribution in [0.2, 0.25) is 0 Å². The Hall–Kier alpha value is -2.69. The fraction of sp³-hybridized carbons (Fsp3) is 0.176. The maximum Gasteiger partial charge on any atom is 0.272 e. The lowest BCUT2D eigenvalue weighted by atomic mass is 10.0. The third-order valence-corrected chi connectivity index (χ3v) is 4.43. The molecule has 0 bridgehead atoms. The first-order chi connectivity index (χ1) is 12.9. The second kappa shape index (κ2) is 9.00. The van der Waals surface area contributed by atoms with Gasteiger partial charge in [0.1, 0.15) is 5.82 Å². The Balaban J connectivity index is 0.00000280. The fourth-order valence-electron chi connectivity index (χ4n) is 2.70. The zero-order valence-corrected chi connectivity index (χ0v) is 16.5. The standard InChI is InChI=1S/C17H16FN3O5S.ClH/c1-25-14-6-11-12(7-15(14)26-2)17(22)21-20-16(11)9-3-4-10(13(18)5-9)8-19-27(23)24;/h3-7,27H,8H2,1-2H3,(H,21,22)(H,19,23,24);1H. The third-order valence-electron chi connectivity index (χ3n) is 4.02. The van der Waals surface area contributed by atoms with Crippen LogP contribution in [0, 0.1) is 5.82 Å². The van der Waals surface area contributed by atoms with Gasteiger partial charge in [-0.15, -0.1) is 12.4 Å². The van der Waals surface area contributed by atoms with Gasteiger partial charge in [0, 0.05) is 23.1 Å². The van der Waals surface area contributed by atoms with Crippen molar-refractivity contribution in [3.8, 4) is 22.8 Å². The van der Waals surface area contributed by atoms with Crippen molar-refractivity contribution >= 4 is 34.1 Å². The second-order valence-electron chi connectivity index (χ2n) is 5.55. The van der Waals surface area contributed by atoms with Crippen molar-refractivity contribution in [1.82, 2.24) is 14.9 Å². The van der Waals surface area contributed by atoms with E-state index >= 15 is 0 Å². The van der Waals surface area contributed by atoms with Crippen molar-refractivity contribution in [2.24, 2.45) is 0 Å². The van der Waals surface area contributed by atoms with Crippen molar-refractivity contribution < 1.29 is 22.3 Å². The summed E-state index contributed by atoms with van der Waals surface area (Å²) in [4.78, 5) is 12.1. The maximum absolute atomic E-state index is 14.3. The molecule has 28 heavy (non-hydrogen) atoms. The second-order valence-corrected chi connectivity index (χ2v) is 6.38. The van der Waals surface area contributed by atoms with Crippen molar-refractivity contribution in [2.75, 3.05) is 14.2 Å². The van der Waals surface area contributed by atoms with Crippen LogP contribution in [-0.2, 0) is 17.4 Å². The van der Waals surface area contributed by atoms with Crippen molar-refractivity contribution in [3.63, 3.8) is 0 Å². The molecule has 0 fully saturated rings. The van der Waals surface area contributed by atoms with E-state index in [1.54, 1.807) is 12.1 Å². The predicted octanol–water partition coefficient (Wildman–Crippen LogP) is 1.78. The molecule has 0 atom stereocenters. The van der Waals surface area contributed by atoms with Crippen LogP contribution >= 0.6 is 12.4 Å². The monoisotopic (exact) mass is 429 g/mol. The van der Waals surface area contributed by atoms with Crippen LogP contribution in [-0.4, -0.2) is 32.8 Å². The van der Waals surface area contributed by atoms with E-state index in [2.05, 4.69) is 14.9 Å². The molecular weight excluding hydrogens is 413 g/mol. The van der Waals surface area contributed by atoms with Crippen LogP contribution in [0.5, 0.6) is 11.5 Å². The van der Waals surface area contributed by atoms with Gasteiger partial charge in [-0.3, -0.25) is 4.79 Å². The Morgan fingerprint density at radius 2 is 1.75 bits per heavy atom. The number of hydrogen-bond acceptors (Lipinski definition) is 6. The van der Waals surface area contributed by atoms with Crippen LogP contribution < -0.4 is 19.8 Å². The molecule has 3 rings (SSSR count). The van der Waals surface area contributed by atoms with Gasteiger partial charge in [0.2, 0.25) is 10.9 Å². The summed E-state index contributed by atoms with van der Waals surface area (Å²) in [5.41, 5.74) is 0.524. The Morgan fingerprint density at radius 3 is 2.32 bits per heavy atom. The van der Waals surface area contributed by atoms with E-state index in [1.807, 2.05) is 0 Å². The van der Waals surface area contributed by atoms with Gasteiger partial charge in [-0.2, -0.15) is 5.10 Å². The Bertz CT molecular complexity index is 1140. The van der Waals surface area contributed by atoms with Crippen molar-refractivity contribution in [1.29, 1.82) is 0 Å². The van der Waals surface area contributed by atoms with Gasteiger partial charge >= 0.3 is 0 Å². The number of H-pyrrole nitrogens is 1. The molecule has 2 N–H and O–H groups in total. The molecule has 2 aromatic carbocycles. The van der Waals surface area contributed by atoms with E-state index in [1.165, 1.54) is 32.4 Å². The molecule has 150 valence electrons. The van der Waals surface area contributed by atoms with Gasteiger partial charge in [0.25, 0.3) is 5.56 Å². The molecule has 0 aliphatic carbocycles. The topological polar surface area (TPSA) is 110 Å². The van der Waals surface area contributed by atoms with E-state index in [0.717, 1.165) is 0 Å². The Labute approximate surface area is 167 Å². The van der Waals surface area contributed by atoms with Gasteiger partial charge < -0.3 is 9.47 Å². The minimum absolute atomic E-state index is 0. The molecular formula is C17H17ClFN3O5S. The third kappa shape index (κ3) is 4.24. The molecule has 0 spiro atoms. The summed E-state index contributed by atoms with van der Waals surface area (Å²) in [7, 11) is 0.100. The lowest BCUT2D eigenvalue weighted by Gasteiger charge is -2.11. The van der Waals surface area contributed by atoms with Crippen LogP contribution in [0.4, 0.5) is 4.39 Å². The largest absolute Gasteiger partial charge is 0.493 e. The van der Waals surface area contributed by atoms with Gasteiger partial charge in [0.05, 0.1) is 25.3 Å². The molecule has 0 saturated heterocycles. The quantitative estimate of drug-likeness (QED) is 0.515. The summed E-state index contributed by atoms with van der Waals surface area (Å²) in [6, 6.07) is 7.40. The Morgan fingerprint density at radius 1 is 1.11 bits per heavy atom. The first-order valence-electron chi connectivity index (χ1n) is 7.75. The molecule has 0 aliphatic rings. The van der Waals surface area contributed by atoms with E-state index < -0.39 is 22.3 Å². The normalized spacial score (nSPS) is 10.7. The summed E-state index contributed by atoms with van der Waals surface area (Å²) < 4.78 is 48.2. The number of nitrogens with one attached hydrogen (secondary N) is 2. The molecule has 1 heterocycles. The minimum atomic E-state index is -2.82. The van der Waals surface area contributed by atoms with Gasteiger partial charge in [-0.05, 0) is 18.2 Å². The van der Waals surface area contributed by atoms with Crippen molar-refractivity contribution in [3.05, 3.63) is 52.1 Å². The highest BCUT2D eigenvalue weighted by molar-refractivity contribution is 7.70. The average molecular weight is 430 g/mol. The molecule has 8 nitrogen and oxygen atoms in total. The number of rotatable bonds is 6. The number of methoxy groups -OCH3 is 2. The van der Waals surface area contributed by atoms with E-state index in [-0.39, 0.29) is 24.5 Å². The zero-order chi connectivity index (χ0) is 19.6. The molecule has 0 radical (unpaired) electrons. The molecule has 0 amide bonds. The SMILES string of the molecule is COc1cc2c(-c3ccc(CN[SH](=O)=O)c(F)c3)n[nH]c(=O)c2cc1OC.Cl. The number of nitrogens with zero attached hydrogens (tertiary/aromatic N) is 1. The predicted molar refractivity (Wildman–Crippen MR) is 105 cm³/mol. The highest BCUT2D eigenvalue weighted by atomic mass is 35.5. The van der Waals surface area contributed by atoms with Crippen LogP contribution in [0.3, 0.4) is 0 Å². The Kier molecular flexibility index (Phi) is 6.95. The number of fused-ring (bicyclic) bond motifs is 1. The summed E-state index contributed by atoms with van der Waals surface area (Å²) in [5.74, 6) is 0.185. The smallest absolute Gasteiger partial charge is 0.272 e. The maximum atomic E-state index is 14.3. The average Bonchev–Trinajstić information content (AvgIpc) is 2.66. The summed E-state index contributed by atoms with van der Waals surface area (Å²) in [5, 5.41) is 7.20. The lowest BCUT2D eigenvalue weighted by molar-refractivity contribution is 0.356. The van der Waals surface area contributed by atoms with Gasteiger partial charge in [-0.1, -0.05) is 12.1 Å². The molecule has 0 aliphatic heterocycles. The van der Waals surface area contributed by atoms with Crippen LogP contribution in [0.25, 0.3) is 22.0 Å².